The number of rotatable bonds is 2. The van der Waals surface area contributed by atoms with Gasteiger partial charge in [0.2, 0.25) is 0 Å². The van der Waals surface area contributed by atoms with Crippen LogP contribution in [0.15, 0.2) is 30.3 Å². The first-order valence-corrected chi connectivity index (χ1v) is 7.12. The van der Waals surface area contributed by atoms with Crippen LogP contribution >= 0.6 is 11.6 Å². The maximum atomic E-state index is 12.3. The fraction of sp³-hybridized carbons (Fsp3) is 0.286. The maximum Gasteiger partial charge on any atom is 0.272 e. The van der Waals surface area contributed by atoms with E-state index >= 15 is 0 Å². The molecule has 6 nitrogen and oxygen atoms in total. The molecule has 1 amide bonds. The molecule has 1 aliphatic heterocycles. The number of aromatic amines is 1. The van der Waals surface area contributed by atoms with Gasteiger partial charge < -0.3 is 15.5 Å². The van der Waals surface area contributed by atoms with Crippen molar-refractivity contribution >= 4 is 29.0 Å². The number of benzene rings is 1. The molecule has 0 unspecified atom stereocenters. The Morgan fingerprint density at radius 1 is 1.24 bits per heavy atom. The van der Waals surface area contributed by atoms with Crippen LogP contribution < -0.4 is 10.6 Å². The minimum atomic E-state index is -0.0649. The van der Waals surface area contributed by atoms with Gasteiger partial charge in [0, 0.05) is 43.0 Å². The molecule has 1 aromatic carbocycles. The van der Waals surface area contributed by atoms with Crippen LogP contribution in [0, 0.1) is 0 Å². The number of amides is 1. The number of nitrogen functional groups attached to an aromatic ring is 1. The Balaban J connectivity index is 1.64. The van der Waals surface area contributed by atoms with E-state index in [4.69, 9.17) is 17.3 Å². The highest BCUT2D eigenvalue weighted by atomic mass is 35.5. The second-order valence-electron chi connectivity index (χ2n) is 4.97. The Morgan fingerprint density at radius 2 is 2.00 bits per heavy atom. The van der Waals surface area contributed by atoms with Crippen molar-refractivity contribution in [1.82, 2.24) is 15.1 Å². The fourth-order valence-corrected chi connectivity index (χ4v) is 2.64. The lowest BCUT2D eigenvalue weighted by Crippen LogP contribution is -2.48. The summed E-state index contributed by atoms with van der Waals surface area (Å²) in [5.74, 6) is 0.265. The number of carbonyl (C=O) groups excluding carboxylic acids is 1. The normalized spacial score (nSPS) is 15.3. The summed E-state index contributed by atoms with van der Waals surface area (Å²) in [6, 6.07) is 9.31. The molecule has 0 saturated carbocycles. The highest BCUT2D eigenvalue weighted by molar-refractivity contribution is 6.30. The third kappa shape index (κ3) is 2.95. The molecule has 3 rings (SSSR count). The van der Waals surface area contributed by atoms with Crippen LogP contribution in [-0.2, 0) is 0 Å². The fourth-order valence-electron chi connectivity index (χ4n) is 2.46. The molecule has 2 heterocycles. The van der Waals surface area contributed by atoms with Gasteiger partial charge in [0.25, 0.3) is 5.91 Å². The van der Waals surface area contributed by atoms with Crippen molar-refractivity contribution in [1.29, 1.82) is 0 Å². The molecule has 2 aromatic rings. The maximum absolute atomic E-state index is 12.3. The predicted octanol–water partition coefficient (Wildman–Crippen LogP) is 1.61. The first kappa shape index (κ1) is 13.8. The summed E-state index contributed by atoms with van der Waals surface area (Å²) in [6.45, 7) is 2.86. The molecule has 0 bridgehead atoms. The van der Waals surface area contributed by atoms with E-state index in [1.54, 1.807) is 11.0 Å². The molecule has 1 aromatic heterocycles. The molecular formula is C14H16ClN5O. The van der Waals surface area contributed by atoms with Crippen molar-refractivity contribution in [3.05, 3.63) is 41.0 Å². The van der Waals surface area contributed by atoms with Crippen molar-refractivity contribution in [2.75, 3.05) is 36.8 Å². The van der Waals surface area contributed by atoms with Gasteiger partial charge in [-0.15, -0.1) is 0 Å². The quantitative estimate of drug-likeness (QED) is 0.883. The number of H-pyrrole nitrogens is 1. The average molecular weight is 306 g/mol. The van der Waals surface area contributed by atoms with Gasteiger partial charge in [0.05, 0.1) is 0 Å². The zero-order valence-electron chi connectivity index (χ0n) is 11.4. The molecule has 0 atom stereocenters. The van der Waals surface area contributed by atoms with E-state index in [9.17, 15) is 4.79 Å². The molecule has 110 valence electrons. The van der Waals surface area contributed by atoms with Gasteiger partial charge in [-0.05, 0) is 18.2 Å². The van der Waals surface area contributed by atoms with Crippen LogP contribution in [0.4, 0.5) is 11.5 Å². The molecule has 3 N–H and O–H groups in total. The van der Waals surface area contributed by atoms with Crippen molar-refractivity contribution in [2.24, 2.45) is 0 Å². The third-order valence-corrected chi connectivity index (χ3v) is 3.80. The Hall–Kier alpha value is -2.21. The van der Waals surface area contributed by atoms with E-state index in [0.29, 0.717) is 24.6 Å². The smallest absolute Gasteiger partial charge is 0.272 e. The number of nitrogens with two attached hydrogens (primary N) is 1. The number of nitrogens with zero attached hydrogens (tertiary/aromatic N) is 3. The van der Waals surface area contributed by atoms with E-state index in [1.807, 2.05) is 24.3 Å². The lowest BCUT2D eigenvalue weighted by atomic mass is 10.2. The summed E-state index contributed by atoms with van der Waals surface area (Å²) in [6.07, 6.45) is 0. The standard InChI is InChI=1S/C14H16ClN5O/c15-10-2-1-3-11(8-10)19-4-6-20(7-5-19)14(21)12-9-13(16)18-17-12/h1-3,8-9H,4-7H2,(H3,16,17,18). The predicted molar refractivity (Wildman–Crippen MR) is 82.6 cm³/mol. The Morgan fingerprint density at radius 3 is 2.62 bits per heavy atom. The van der Waals surface area contributed by atoms with Gasteiger partial charge in [-0.3, -0.25) is 9.89 Å². The largest absolute Gasteiger partial charge is 0.382 e. The zero-order chi connectivity index (χ0) is 14.8. The molecule has 1 saturated heterocycles. The molecule has 0 spiro atoms. The summed E-state index contributed by atoms with van der Waals surface area (Å²) in [7, 11) is 0. The van der Waals surface area contributed by atoms with E-state index in [-0.39, 0.29) is 5.91 Å². The Kier molecular flexibility index (Phi) is 3.70. The summed E-state index contributed by atoms with van der Waals surface area (Å²) in [4.78, 5) is 16.3. The van der Waals surface area contributed by atoms with Gasteiger partial charge >= 0.3 is 0 Å². The lowest BCUT2D eigenvalue weighted by molar-refractivity contribution is 0.0741. The van der Waals surface area contributed by atoms with E-state index in [2.05, 4.69) is 15.1 Å². The number of nitrogens with one attached hydrogen (secondary N) is 1. The molecular weight excluding hydrogens is 290 g/mol. The number of halogens is 1. The van der Waals surface area contributed by atoms with E-state index in [1.165, 1.54) is 0 Å². The van der Waals surface area contributed by atoms with Gasteiger partial charge in [-0.1, -0.05) is 17.7 Å². The van der Waals surface area contributed by atoms with E-state index < -0.39 is 0 Å². The van der Waals surface area contributed by atoms with Crippen LogP contribution in [0.5, 0.6) is 0 Å². The first-order valence-electron chi connectivity index (χ1n) is 6.74. The van der Waals surface area contributed by atoms with Crippen molar-refractivity contribution in [2.45, 2.75) is 0 Å². The lowest BCUT2D eigenvalue weighted by Gasteiger charge is -2.36. The number of piperazine rings is 1. The van der Waals surface area contributed by atoms with Crippen molar-refractivity contribution in [3.63, 3.8) is 0 Å². The van der Waals surface area contributed by atoms with Crippen LogP contribution in [-0.4, -0.2) is 47.2 Å². The van der Waals surface area contributed by atoms with Crippen LogP contribution in [0.2, 0.25) is 5.02 Å². The number of hydrogen-bond acceptors (Lipinski definition) is 4. The summed E-state index contributed by atoms with van der Waals surface area (Å²) < 4.78 is 0. The van der Waals surface area contributed by atoms with Crippen molar-refractivity contribution in [3.8, 4) is 0 Å². The highest BCUT2D eigenvalue weighted by Crippen LogP contribution is 2.21. The summed E-state index contributed by atoms with van der Waals surface area (Å²) in [5.41, 5.74) is 7.04. The highest BCUT2D eigenvalue weighted by Gasteiger charge is 2.23. The second kappa shape index (κ2) is 5.65. The average Bonchev–Trinajstić information content (AvgIpc) is 2.93. The Labute approximate surface area is 127 Å². The van der Waals surface area contributed by atoms with Gasteiger partial charge in [-0.2, -0.15) is 5.10 Å². The zero-order valence-corrected chi connectivity index (χ0v) is 12.2. The van der Waals surface area contributed by atoms with Crippen LogP contribution in [0.25, 0.3) is 0 Å². The van der Waals surface area contributed by atoms with Gasteiger partial charge in [0.1, 0.15) is 11.5 Å². The number of carbonyl (C=O) groups is 1. The molecule has 1 aliphatic rings. The van der Waals surface area contributed by atoms with E-state index in [0.717, 1.165) is 23.8 Å². The number of hydrogen-bond donors (Lipinski definition) is 2. The topological polar surface area (TPSA) is 78.3 Å². The first-order chi connectivity index (χ1) is 10.1. The third-order valence-electron chi connectivity index (χ3n) is 3.57. The SMILES string of the molecule is Nc1cc(C(=O)N2CCN(c3cccc(Cl)c3)CC2)[nH]n1. The molecule has 7 heteroatoms. The van der Waals surface area contributed by atoms with Gasteiger partial charge in [-0.25, -0.2) is 0 Å². The number of anilines is 2. The second-order valence-corrected chi connectivity index (χ2v) is 5.40. The number of aromatic nitrogens is 2. The minimum absolute atomic E-state index is 0.0649. The van der Waals surface area contributed by atoms with Crippen molar-refractivity contribution < 1.29 is 4.79 Å². The van der Waals surface area contributed by atoms with Crippen LogP contribution in [0.1, 0.15) is 10.5 Å². The van der Waals surface area contributed by atoms with Crippen LogP contribution in [0.3, 0.4) is 0 Å². The molecule has 0 radical (unpaired) electrons. The molecule has 1 fully saturated rings. The summed E-state index contributed by atoms with van der Waals surface area (Å²) >= 11 is 6.01. The monoisotopic (exact) mass is 305 g/mol. The molecule has 21 heavy (non-hydrogen) atoms. The summed E-state index contributed by atoms with van der Waals surface area (Å²) in [5, 5.41) is 7.16. The van der Waals surface area contributed by atoms with Gasteiger partial charge in [0.15, 0.2) is 0 Å². The molecule has 0 aliphatic carbocycles. The Bertz CT molecular complexity index is 648. The minimum Gasteiger partial charge on any atom is -0.382 e.